The van der Waals surface area contributed by atoms with Crippen LogP contribution in [0.2, 0.25) is 5.02 Å². The summed E-state index contributed by atoms with van der Waals surface area (Å²) in [5, 5.41) is 4.66. The fourth-order valence-corrected chi connectivity index (χ4v) is 4.70. The molecule has 3 aromatic rings. The second-order valence-corrected chi connectivity index (χ2v) is 8.19. The van der Waals surface area contributed by atoms with Crippen molar-refractivity contribution in [2.45, 2.75) is 19.9 Å². The van der Waals surface area contributed by atoms with E-state index in [1.54, 1.807) is 42.1 Å². The zero-order chi connectivity index (χ0) is 20.9. The third-order valence-electron chi connectivity index (χ3n) is 5.05. The Balaban J connectivity index is 2.03. The van der Waals surface area contributed by atoms with Gasteiger partial charge in [0.1, 0.15) is 0 Å². The van der Waals surface area contributed by atoms with E-state index in [0.717, 1.165) is 11.3 Å². The van der Waals surface area contributed by atoms with Crippen molar-refractivity contribution in [3.05, 3.63) is 83.3 Å². The molecular formula is C20H18ClN5O2S. The zero-order valence-corrected chi connectivity index (χ0v) is 17.6. The molecule has 0 spiro atoms. The third-order valence-corrected chi connectivity index (χ3v) is 6.37. The molecule has 7 nitrogen and oxygen atoms in total. The standard InChI is InChI=1S/C20H18ClN5O2S/c1-10-16(18(22)27)17(13-6-4-5-7-14(13)21)26-19(28)15(29-20(26)24-10)8-12-9-23-25(3)11(12)2/h4-9,17H,1-3H3,(H2,22,27)/b15-8+. The molecular weight excluding hydrogens is 410 g/mol. The first-order chi connectivity index (χ1) is 13.8. The fraction of sp³-hybridized carbons (Fsp3) is 0.200. The van der Waals surface area contributed by atoms with E-state index >= 15 is 0 Å². The normalized spacial score (nSPS) is 16.7. The van der Waals surface area contributed by atoms with Crippen LogP contribution >= 0.6 is 22.9 Å². The number of nitrogens with two attached hydrogens (primary N) is 1. The summed E-state index contributed by atoms with van der Waals surface area (Å²) in [5.41, 5.74) is 8.56. The molecule has 148 valence electrons. The first-order valence-electron chi connectivity index (χ1n) is 8.85. The molecule has 0 bridgehead atoms. The predicted molar refractivity (Wildman–Crippen MR) is 112 cm³/mol. The number of fused-ring (bicyclic) bond motifs is 1. The number of rotatable bonds is 3. The Bertz CT molecular complexity index is 1360. The van der Waals surface area contributed by atoms with E-state index in [2.05, 4.69) is 10.1 Å². The van der Waals surface area contributed by atoms with Gasteiger partial charge in [0, 0.05) is 23.3 Å². The lowest BCUT2D eigenvalue weighted by molar-refractivity contribution is -0.115. The molecule has 1 aliphatic rings. The highest BCUT2D eigenvalue weighted by Gasteiger charge is 2.32. The molecule has 4 rings (SSSR count). The van der Waals surface area contributed by atoms with E-state index in [4.69, 9.17) is 17.3 Å². The van der Waals surface area contributed by atoms with Crippen molar-refractivity contribution in [1.29, 1.82) is 0 Å². The third kappa shape index (κ3) is 3.14. The molecule has 3 heterocycles. The summed E-state index contributed by atoms with van der Waals surface area (Å²) in [6, 6.07) is 6.39. The molecule has 0 saturated carbocycles. The maximum absolute atomic E-state index is 13.3. The van der Waals surface area contributed by atoms with Crippen molar-refractivity contribution in [2.24, 2.45) is 17.8 Å². The Hall–Kier alpha value is -2.97. The van der Waals surface area contributed by atoms with Crippen LogP contribution in [0, 0.1) is 6.92 Å². The number of hydrogen-bond acceptors (Lipinski definition) is 5. The van der Waals surface area contributed by atoms with Crippen LogP contribution in [0.3, 0.4) is 0 Å². The summed E-state index contributed by atoms with van der Waals surface area (Å²) in [6.45, 7) is 3.64. The lowest BCUT2D eigenvalue weighted by Gasteiger charge is -2.24. The number of amides is 1. The van der Waals surface area contributed by atoms with Gasteiger partial charge >= 0.3 is 0 Å². The molecule has 0 saturated heterocycles. The smallest absolute Gasteiger partial charge is 0.271 e. The molecule has 1 unspecified atom stereocenters. The van der Waals surface area contributed by atoms with E-state index in [-0.39, 0.29) is 11.1 Å². The second-order valence-electron chi connectivity index (χ2n) is 6.78. The van der Waals surface area contributed by atoms with Gasteiger partial charge in [-0.25, -0.2) is 4.99 Å². The Morgan fingerprint density at radius 3 is 2.66 bits per heavy atom. The molecule has 2 aromatic heterocycles. The predicted octanol–water partition coefficient (Wildman–Crippen LogP) is 1.42. The van der Waals surface area contributed by atoms with Crippen molar-refractivity contribution >= 4 is 34.9 Å². The van der Waals surface area contributed by atoms with Crippen LogP contribution in [0.4, 0.5) is 0 Å². The van der Waals surface area contributed by atoms with E-state index in [1.807, 2.05) is 20.0 Å². The number of primary amides is 1. The van der Waals surface area contributed by atoms with E-state index in [0.29, 0.717) is 25.6 Å². The van der Waals surface area contributed by atoms with Crippen molar-refractivity contribution in [1.82, 2.24) is 14.3 Å². The lowest BCUT2D eigenvalue weighted by Crippen LogP contribution is -2.40. The summed E-state index contributed by atoms with van der Waals surface area (Å²) in [7, 11) is 1.84. The number of benzene rings is 1. The monoisotopic (exact) mass is 427 g/mol. The van der Waals surface area contributed by atoms with Gasteiger partial charge in [-0.2, -0.15) is 5.10 Å². The number of thiazole rings is 1. The molecule has 2 N–H and O–H groups in total. The number of carbonyl (C=O) groups is 1. The summed E-state index contributed by atoms with van der Waals surface area (Å²) in [6.07, 6.45) is 3.50. The molecule has 0 aliphatic carbocycles. The second kappa shape index (κ2) is 7.13. The Morgan fingerprint density at radius 2 is 2.03 bits per heavy atom. The molecule has 1 amide bonds. The van der Waals surface area contributed by atoms with Gasteiger partial charge < -0.3 is 5.73 Å². The SMILES string of the molecule is CC1=C(C(N)=O)C(c2ccccc2Cl)n2c(s/c(=C/c3cnn(C)c3C)c2=O)=N1. The van der Waals surface area contributed by atoms with Crippen LogP contribution < -0.4 is 20.6 Å². The van der Waals surface area contributed by atoms with Crippen LogP contribution in [-0.4, -0.2) is 20.3 Å². The molecule has 29 heavy (non-hydrogen) atoms. The van der Waals surface area contributed by atoms with Gasteiger partial charge in [-0.3, -0.25) is 18.8 Å². The zero-order valence-electron chi connectivity index (χ0n) is 16.0. The van der Waals surface area contributed by atoms with Crippen LogP contribution in [0.1, 0.15) is 29.8 Å². The highest BCUT2D eigenvalue weighted by molar-refractivity contribution is 7.07. The molecule has 0 radical (unpaired) electrons. The topological polar surface area (TPSA) is 95.3 Å². The number of carbonyl (C=O) groups excluding carboxylic acids is 1. The number of nitrogens with zero attached hydrogens (tertiary/aromatic N) is 4. The van der Waals surface area contributed by atoms with Crippen LogP contribution in [0.25, 0.3) is 6.08 Å². The lowest BCUT2D eigenvalue weighted by atomic mass is 9.95. The Labute approximate surface area is 175 Å². The van der Waals surface area contributed by atoms with Gasteiger partial charge in [0.2, 0.25) is 5.91 Å². The largest absolute Gasteiger partial charge is 0.366 e. The molecule has 9 heteroatoms. The van der Waals surface area contributed by atoms with Gasteiger partial charge in [0.05, 0.1) is 28.0 Å². The van der Waals surface area contributed by atoms with Gasteiger partial charge in [-0.05, 0) is 31.6 Å². The maximum atomic E-state index is 13.3. The van der Waals surface area contributed by atoms with E-state index in [1.165, 1.54) is 15.9 Å². The number of hydrogen-bond donors (Lipinski definition) is 1. The summed E-state index contributed by atoms with van der Waals surface area (Å²) in [4.78, 5) is 30.6. The average molecular weight is 428 g/mol. The highest BCUT2D eigenvalue weighted by atomic mass is 35.5. The van der Waals surface area contributed by atoms with Crippen molar-refractivity contribution in [3.8, 4) is 0 Å². The highest BCUT2D eigenvalue weighted by Crippen LogP contribution is 2.33. The number of aromatic nitrogens is 3. The fourth-order valence-electron chi connectivity index (χ4n) is 3.43. The van der Waals surface area contributed by atoms with Crippen molar-refractivity contribution in [2.75, 3.05) is 0 Å². The molecule has 1 aliphatic heterocycles. The number of halogens is 1. The van der Waals surface area contributed by atoms with E-state index < -0.39 is 11.9 Å². The van der Waals surface area contributed by atoms with Gasteiger partial charge in [-0.1, -0.05) is 41.1 Å². The quantitative estimate of drug-likeness (QED) is 0.684. The average Bonchev–Trinajstić information content (AvgIpc) is 3.15. The maximum Gasteiger partial charge on any atom is 0.271 e. The minimum Gasteiger partial charge on any atom is -0.366 e. The van der Waals surface area contributed by atoms with Crippen LogP contribution in [-0.2, 0) is 11.8 Å². The molecule has 1 aromatic carbocycles. The minimum atomic E-state index is -0.727. The Kier molecular flexibility index (Phi) is 4.76. The number of aryl methyl sites for hydroxylation is 1. The van der Waals surface area contributed by atoms with Crippen LogP contribution in [0.15, 0.2) is 51.5 Å². The van der Waals surface area contributed by atoms with Gasteiger partial charge in [0.15, 0.2) is 4.80 Å². The Morgan fingerprint density at radius 1 is 1.31 bits per heavy atom. The van der Waals surface area contributed by atoms with E-state index in [9.17, 15) is 9.59 Å². The van der Waals surface area contributed by atoms with Crippen molar-refractivity contribution < 1.29 is 4.79 Å². The molecule has 0 fully saturated rings. The summed E-state index contributed by atoms with van der Waals surface area (Å²) in [5.74, 6) is -0.631. The van der Waals surface area contributed by atoms with Crippen LogP contribution in [0.5, 0.6) is 0 Å². The first-order valence-corrected chi connectivity index (χ1v) is 10.0. The van der Waals surface area contributed by atoms with Gasteiger partial charge in [0.25, 0.3) is 5.56 Å². The number of allylic oxidation sites excluding steroid dienone is 1. The molecule has 1 atom stereocenters. The first kappa shape index (κ1) is 19.4. The summed E-state index contributed by atoms with van der Waals surface area (Å²) >= 11 is 7.68. The summed E-state index contributed by atoms with van der Waals surface area (Å²) < 4.78 is 3.73. The van der Waals surface area contributed by atoms with Gasteiger partial charge in [-0.15, -0.1) is 0 Å². The van der Waals surface area contributed by atoms with Crippen molar-refractivity contribution in [3.63, 3.8) is 0 Å². The minimum absolute atomic E-state index is 0.256.